The monoisotopic (exact) mass is 280 g/mol. The summed E-state index contributed by atoms with van der Waals surface area (Å²) in [4.78, 5) is 8.64. The van der Waals surface area contributed by atoms with E-state index in [2.05, 4.69) is 15.1 Å². The molecule has 3 aromatic rings. The van der Waals surface area contributed by atoms with E-state index in [0.29, 0.717) is 18.1 Å². The first kappa shape index (κ1) is 13.3. The van der Waals surface area contributed by atoms with Crippen LogP contribution in [0.2, 0.25) is 0 Å². The average molecular weight is 280 g/mol. The van der Waals surface area contributed by atoms with Crippen LogP contribution in [0.15, 0.2) is 47.1 Å². The average Bonchev–Trinajstić information content (AvgIpc) is 2.95. The molecule has 5 nitrogen and oxygen atoms in total. The van der Waals surface area contributed by atoms with Gasteiger partial charge in [0.15, 0.2) is 0 Å². The number of aryl methyl sites for hydroxylation is 3. The number of para-hydroxylation sites is 1. The molecule has 0 saturated carbocycles. The van der Waals surface area contributed by atoms with E-state index in [4.69, 9.17) is 10.3 Å². The molecule has 0 radical (unpaired) electrons. The van der Waals surface area contributed by atoms with Crippen molar-refractivity contribution in [3.05, 3.63) is 59.6 Å². The van der Waals surface area contributed by atoms with E-state index >= 15 is 0 Å². The molecule has 0 fully saturated rings. The molecule has 106 valence electrons. The predicted molar refractivity (Wildman–Crippen MR) is 80.5 cm³/mol. The first-order valence-corrected chi connectivity index (χ1v) is 6.81. The fourth-order valence-corrected chi connectivity index (χ4v) is 2.12. The number of nitrogens with two attached hydrogens (primary N) is 1. The van der Waals surface area contributed by atoms with Gasteiger partial charge in [-0.2, -0.15) is 4.98 Å². The van der Waals surface area contributed by atoms with Crippen molar-refractivity contribution in [1.82, 2.24) is 15.1 Å². The minimum Gasteiger partial charge on any atom is -0.399 e. The van der Waals surface area contributed by atoms with Gasteiger partial charge in [0.25, 0.3) is 0 Å². The van der Waals surface area contributed by atoms with Crippen molar-refractivity contribution in [2.45, 2.75) is 19.8 Å². The molecule has 0 aliphatic carbocycles. The Labute approximate surface area is 122 Å². The summed E-state index contributed by atoms with van der Waals surface area (Å²) < 4.78 is 5.28. The summed E-state index contributed by atoms with van der Waals surface area (Å²) in [5, 5.41) is 3.98. The van der Waals surface area contributed by atoms with Gasteiger partial charge in [-0.05, 0) is 42.7 Å². The highest BCUT2D eigenvalue weighted by molar-refractivity contribution is 5.49. The second-order valence-electron chi connectivity index (χ2n) is 4.93. The maximum atomic E-state index is 5.92. The van der Waals surface area contributed by atoms with Gasteiger partial charge >= 0.3 is 0 Å². The van der Waals surface area contributed by atoms with Gasteiger partial charge in [0, 0.05) is 18.3 Å². The number of nitrogens with zero attached hydrogens (tertiary/aromatic N) is 3. The smallest absolute Gasteiger partial charge is 0.227 e. The molecule has 2 N–H and O–H groups in total. The molecule has 1 aromatic carbocycles. The molecule has 0 saturated heterocycles. The van der Waals surface area contributed by atoms with Crippen LogP contribution in [0, 0.1) is 6.92 Å². The van der Waals surface area contributed by atoms with E-state index in [-0.39, 0.29) is 0 Å². The van der Waals surface area contributed by atoms with Gasteiger partial charge in [0.05, 0.1) is 0 Å². The molecule has 0 amide bonds. The van der Waals surface area contributed by atoms with Crippen LogP contribution in [0.5, 0.6) is 0 Å². The maximum Gasteiger partial charge on any atom is 0.227 e. The largest absolute Gasteiger partial charge is 0.399 e. The maximum absolute atomic E-state index is 5.92. The minimum atomic E-state index is 0.523. The van der Waals surface area contributed by atoms with Crippen LogP contribution in [-0.4, -0.2) is 15.1 Å². The van der Waals surface area contributed by atoms with E-state index < -0.39 is 0 Å². The van der Waals surface area contributed by atoms with Gasteiger partial charge in [0.2, 0.25) is 11.7 Å². The van der Waals surface area contributed by atoms with Crippen molar-refractivity contribution >= 4 is 5.69 Å². The fraction of sp³-hybridized carbons (Fsp3) is 0.188. The quantitative estimate of drug-likeness (QED) is 0.743. The van der Waals surface area contributed by atoms with Crippen LogP contribution in [0.4, 0.5) is 5.69 Å². The van der Waals surface area contributed by atoms with Crippen LogP contribution in [0.1, 0.15) is 17.0 Å². The van der Waals surface area contributed by atoms with Gasteiger partial charge in [-0.25, -0.2) is 0 Å². The van der Waals surface area contributed by atoms with E-state index in [1.165, 1.54) is 0 Å². The summed E-state index contributed by atoms with van der Waals surface area (Å²) in [6, 6.07) is 11.7. The lowest BCUT2D eigenvalue weighted by Gasteiger charge is -2.02. The Morgan fingerprint density at radius 2 is 2.00 bits per heavy atom. The van der Waals surface area contributed by atoms with Crippen LogP contribution >= 0.6 is 0 Å². The van der Waals surface area contributed by atoms with Gasteiger partial charge < -0.3 is 10.3 Å². The molecule has 2 aromatic heterocycles. The number of hydrogen-bond acceptors (Lipinski definition) is 5. The summed E-state index contributed by atoms with van der Waals surface area (Å²) in [5.41, 5.74) is 9.64. The molecule has 0 bridgehead atoms. The predicted octanol–water partition coefficient (Wildman–Crippen LogP) is 2.81. The number of pyridine rings is 1. The van der Waals surface area contributed by atoms with Gasteiger partial charge in [-0.15, -0.1) is 0 Å². The molecule has 0 aliphatic rings. The van der Waals surface area contributed by atoms with Crippen molar-refractivity contribution in [2.24, 2.45) is 0 Å². The van der Waals surface area contributed by atoms with Crippen molar-refractivity contribution in [3.8, 4) is 11.5 Å². The Balaban J connectivity index is 1.72. The standard InChI is InChI=1S/C16H16N4O/c1-11-8-9-18-14(10-11)16-19-15(21-20-16)7-6-12-4-2-3-5-13(12)17/h2-5,8-10H,6-7,17H2,1H3. The first-order chi connectivity index (χ1) is 10.2. The van der Waals surface area contributed by atoms with Crippen LogP contribution in [0.3, 0.4) is 0 Å². The second-order valence-corrected chi connectivity index (χ2v) is 4.93. The Morgan fingerprint density at radius 3 is 2.81 bits per heavy atom. The summed E-state index contributed by atoms with van der Waals surface area (Å²) in [5.74, 6) is 1.12. The molecular weight excluding hydrogens is 264 g/mol. The molecule has 3 rings (SSSR count). The van der Waals surface area contributed by atoms with Crippen LogP contribution < -0.4 is 5.73 Å². The highest BCUT2D eigenvalue weighted by Gasteiger charge is 2.10. The Morgan fingerprint density at radius 1 is 1.14 bits per heavy atom. The van der Waals surface area contributed by atoms with Gasteiger partial charge in [-0.3, -0.25) is 4.98 Å². The highest BCUT2D eigenvalue weighted by atomic mass is 16.5. The Kier molecular flexibility index (Phi) is 3.64. The van der Waals surface area contributed by atoms with Crippen molar-refractivity contribution < 1.29 is 4.52 Å². The van der Waals surface area contributed by atoms with E-state index in [0.717, 1.165) is 28.9 Å². The molecule has 21 heavy (non-hydrogen) atoms. The number of benzene rings is 1. The van der Waals surface area contributed by atoms with Crippen molar-refractivity contribution in [3.63, 3.8) is 0 Å². The topological polar surface area (TPSA) is 77.8 Å². The Bertz CT molecular complexity index is 751. The summed E-state index contributed by atoms with van der Waals surface area (Å²) in [6.07, 6.45) is 3.17. The molecule has 0 atom stereocenters. The molecule has 0 spiro atoms. The number of rotatable bonds is 4. The molecule has 0 unspecified atom stereocenters. The third-order valence-electron chi connectivity index (χ3n) is 3.28. The minimum absolute atomic E-state index is 0.523. The number of nitrogen functional groups attached to an aromatic ring is 1. The van der Waals surface area contributed by atoms with E-state index in [1.807, 2.05) is 43.3 Å². The number of aromatic nitrogens is 3. The summed E-state index contributed by atoms with van der Waals surface area (Å²) in [6.45, 7) is 2.00. The first-order valence-electron chi connectivity index (χ1n) is 6.81. The summed E-state index contributed by atoms with van der Waals surface area (Å²) >= 11 is 0. The van der Waals surface area contributed by atoms with Gasteiger partial charge in [0.1, 0.15) is 5.69 Å². The third-order valence-corrected chi connectivity index (χ3v) is 3.28. The Hall–Kier alpha value is -2.69. The van der Waals surface area contributed by atoms with Crippen LogP contribution in [-0.2, 0) is 12.8 Å². The lowest BCUT2D eigenvalue weighted by Crippen LogP contribution is -1.97. The second kappa shape index (κ2) is 5.75. The van der Waals surface area contributed by atoms with Gasteiger partial charge in [-0.1, -0.05) is 23.4 Å². The molecular formula is C16H16N4O. The highest BCUT2D eigenvalue weighted by Crippen LogP contribution is 2.16. The van der Waals surface area contributed by atoms with Crippen LogP contribution in [0.25, 0.3) is 11.5 Å². The number of anilines is 1. The van der Waals surface area contributed by atoms with E-state index in [1.54, 1.807) is 6.20 Å². The molecule has 0 aliphatic heterocycles. The molecule has 5 heteroatoms. The zero-order chi connectivity index (χ0) is 14.7. The lowest BCUT2D eigenvalue weighted by atomic mass is 10.1. The van der Waals surface area contributed by atoms with Crippen molar-refractivity contribution in [2.75, 3.05) is 5.73 Å². The summed E-state index contributed by atoms with van der Waals surface area (Å²) in [7, 11) is 0. The number of hydrogen-bond donors (Lipinski definition) is 1. The van der Waals surface area contributed by atoms with E-state index in [9.17, 15) is 0 Å². The lowest BCUT2D eigenvalue weighted by molar-refractivity contribution is 0.379. The molecule has 2 heterocycles. The zero-order valence-corrected chi connectivity index (χ0v) is 11.8. The zero-order valence-electron chi connectivity index (χ0n) is 11.8. The van der Waals surface area contributed by atoms with Crippen molar-refractivity contribution in [1.29, 1.82) is 0 Å². The third kappa shape index (κ3) is 3.08. The normalized spacial score (nSPS) is 10.7. The SMILES string of the molecule is Cc1ccnc(-c2noc(CCc3ccccc3N)n2)c1. The fourth-order valence-electron chi connectivity index (χ4n) is 2.12.